The van der Waals surface area contributed by atoms with Gasteiger partial charge < -0.3 is 9.73 Å². The number of hydrogen-bond acceptors (Lipinski definition) is 5. The van der Waals surface area contributed by atoms with Gasteiger partial charge in [-0.1, -0.05) is 30.3 Å². The first-order chi connectivity index (χ1) is 13.4. The molecule has 0 unspecified atom stereocenters. The highest BCUT2D eigenvalue weighted by Crippen LogP contribution is 2.32. The van der Waals surface area contributed by atoms with E-state index < -0.39 is 11.9 Å². The summed E-state index contributed by atoms with van der Waals surface area (Å²) in [6.45, 7) is 0. The highest BCUT2D eigenvalue weighted by molar-refractivity contribution is 7.99. The third kappa shape index (κ3) is 5.85. The number of rotatable bonds is 7. The van der Waals surface area contributed by atoms with E-state index in [0.29, 0.717) is 34.1 Å². The van der Waals surface area contributed by atoms with Crippen LogP contribution in [0.15, 0.2) is 63.9 Å². The normalized spacial score (nSPS) is 11.4. The fourth-order valence-electron chi connectivity index (χ4n) is 2.34. The van der Waals surface area contributed by atoms with Crippen LogP contribution in [0.4, 0.5) is 18.9 Å². The molecule has 28 heavy (non-hydrogen) atoms. The summed E-state index contributed by atoms with van der Waals surface area (Å²) in [5, 5.41) is 10.5. The minimum atomic E-state index is -4.28. The maximum atomic E-state index is 12.4. The molecule has 0 fully saturated rings. The number of nitrogens with zero attached hydrogens (tertiary/aromatic N) is 2. The highest BCUT2D eigenvalue weighted by atomic mass is 32.2. The molecule has 0 aliphatic carbocycles. The van der Waals surface area contributed by atoms with Crippen molar-refractivity contribution in [1.82, 2.24) is 10.2 Å². The summed E-state index contributed by atoms with van der Waals surface area (Å²) in [4.78, 5) is 12.5. The minimum absolute atomic E-state index is 0.0642. The van der Waals surface area contributed by atoms with E-state index in [9.17, 15) is 18.0 Å². The molecule has 0 aliphatic rings. The summed E-state index contributed by atoms with van der Waals surface area (Å²) < 4.78 is 42.9. The van der Waals surface area contributed by atoms with Crippen LogP contribution in [-0.2, 0) is 11.2 Å². The zero-order valence-electron chi connectivity index (χ0n) is 14.6. The van der Waals surface area contributed by atoms with E-state index in [-0.39, 0.29) is 18.7 Å². The van der Waals surface area contributed by atoms with Crippen LogP contribution in [0.25, 0.3) is 11.5 Å². The third-order valence-corrected chi connectivity index (χ3v) is 4.74. The standard InChI is InChI=1S/C19H16F3N3O2S/c20-19(21,22)12-28-15-9-5-4-8-14(15)23-16(26)10-11-17-24-25-18(27-17)13-6-2-1-3-7-13/h1-9H,10-12H2,(H,23,26). The lowest BCUT2D eigenvalue weighted by molar-refractivity contribution is -0.116. The molecule has 0 aliphatic heterocycles. The van der Waals surface area contributed by atoms with Gasteiger partial charge in [-0.25, -0.2) is 0 Å². The number of hydrogen-bond donors (Lipinski definition) is 1. The van der Waals surface area contributed by atoms with E-state index in [0.717, 1.165) is 5.56 Å². The second kappa shape index (κ2) is 8.92. The van der Waals surface area contributed by atoms with Gasteiger partial charge in [0.25, 0.3) is 0 Å². The Morgan fingerprint density at radius 3 is 2.50 bits per heavy atom. The Bertz CT molecular complexity index is 929. The molecule has 0 saturated carbocycles. The number of halogens is 3. The molecule has 0 saturated heterocycles. The number of carbonyl (C=O) groups excluding carboxylic acids is 1. The van der Waals surface area contributed by atoms with Crippen molar-refractivity contribution in [3.63, 3.8) is 0 Å². The van der Waals surface area contributed by atoms with Crippen molar-refractivity contribution in [2.75, 3.05) is 11.1 Å². The fourth-order valence-corrected chi connectivity index (χ4v) is 3.11. The Morgan fingerprint density at radius 1 is 1.04 bits per heavy atom. The van der Waals surface area contributed by atoms with Gasteiger partial charge in [0.1, 0.15) is 0 Å². The second-order valence-corrected chi connectivity index (χ2v) is 6.83. The molecule has 1 amide bonds. The molecule has 1 aromatic heterocycles. The summed E-state index contributed by atoms with van der Waals surface area (Å²) in [6, 6.07) is 15.6. The van der Waals surface area contributed by atoms with E-state index in [1.165, 1.54) is 6.07 Å². The minimum Gasteiger partial charge on any atom is -0.421 e. The molecule has 9 heteroatoms. The van der Waals surface area contributed by atoms with Crippen LogP contribution in [-0.4, -0.2) is 28.0 Å². The lowest BCUT2D eigenvalue weighted by Gasteiger charge is -2.11. The van der Waals surface area contributed by atoms with E-state index in [2.05, 4.69) is 15.5 Å². The van der Waals surface area contributed by atoms with Gasteiger partial charge in [-0.2, -0.15) is 13.2 Å². The van der Waals surface area contributed by atoms with Crippen molar-refractivity contribution >= 4 is 23.4 Å². The van der Waals surface area contributed by atoms with Gasteiger partial charge in [0.2, 0.25) is 17.7 Å². The summed E-state index contributed by atoms with van der Waals surface area (Å²) in [7, 11) is 0. The number of aryl methyl sites for hydroxylation is 1. The lowest BCUT2D eigenvalue weighted by Crippen LogP contribution is -2.14. The van der Waals surface area contributed by atoms with Crippen molar-refractivity contribution in [2.24, 2.45) is 0 Å². The highest BCUT2D eigenvalue weighted by Gasteiger charge is 2.27. The number of para-hydroxylation sites is 1. The monoisotopic (exact) mass is 407 g/mol. The third-order valence-electron chi connectivity index (χ3n) is 3.61. The Hall–Kier alpha value is -2.81. The van der Waals surface area contributed by atoms with Gasteiger partial charge in [-0.3, -0.25) is 4.79 Å². The molecule has 146 valence electrons. The van der Waals surface area contributed by atoms with Crippen LogP contribution in [0.3, 0.4) is 0 Å². The Balaban J connectivity index is 1.56. The zero-order chi connectivity index (χ0) is 20.0. The smallest absolute Gasteiger partial charge is 0.398 e. The van der Waals surface area contributed by atoms with Gasteiger partial charge >= 0.3 is 6.18 Å². The molecular formula is C19H16F3N3O2S. The molecule has 0 radical (unpaired) electrons. The van der Waals surface area contributed by atoms with Crippen LogP contribution in [0.5, 0.6) is 0 Å². The Morgan fingerprint density at radius 2 is 1.75 bits per heavy atom. The molecule has 0 atom stereocenters. The van der Waals surface area contributed by atoms with Crippen LogP contribution < -0.4 is 5.32 Å². The first-order valence-corrected chi connectivity index (χ1v) is 9.35. The van der Waals surface area contributed by atoms with E-state index in [1.54, 1.807) is 18.2 Å². The summed E-state index contributed by atoms with van der Waals surface area (Å²) >= 11 is 0.631. The maximum Gasteiger partial charge on any atom is 0.398 e. The number of anilines is 1. The average Bonchev–Trinajstić information content (AvgIpc) is 3.15. The topological polar surface area (TPSA) is 68.0 Å². The predicted molar refractivity (Wildman–Crippen MR) is 99.9 cm³/mol. The maximum absolute atomic E-state index is 12.4. The quantitative estimate of drug-likeness (QED) is 0.561. The first-order valence-electron chi connectivity index (χ1n) is 8.37. The average molecular weight is 407 g/mol. The molecule has 1 N–H and O–H groups in total. The lowest BCUT2D eigenvalue weighted by atomic mass is 10.2. The van der Waals surface area contributed by atoms with Crippen molar-refractivity contribution < 1.29 is 22.4 Å². The van der Waals surface area contributed by atoms with Gasteiger partial charge in [0.15, 0.2) is 0 Å². The van der Waals surface area contributed by atoms with Crippen LogP contribution >= 0.6 is 11.8 Å². The van der Waals surface area contributed by atoms with Gasteiger partial charge in [-0.05, 0) is 24.3 Å². The molecule has 1 heterocycles. The van der Waals surface area contributed by atoms with Crippen molar-refractivity contribution in [1.29, 1.82) is 0 Å². The number of carbonyl (C=O) groups is 1. The van der Waals surface area contributed by atoms with Crippen molar-refractivity contribution in [3.05, 3.63) is 60.5 Å². The van der Waals surface area contributed by atoms with E-state index in [4.69, 9.17) is 4.42 Å². The summed E-state index contributed by atoms with van der Waals surface area (Å²) in [6.07, 6.45) is -3.99. The van der Waals surface area contributed by atoms with Crippen LogP contribution in [0.2, 0.25) is 0 Å². The number of thioether (sulfide) groups is 1. The number of nitrogens with one attached hydrogen (secondary N) is 1. The summed E-state index contributed by atoms with van der Waals surface area (Å²) in [5.41, 5.74) is 1.12. The molecular weight excluding hydrogens is 391 g/mol. The molecule has 2 aromatic carbocycles. The molecule has 5 nitrogen and oxygen atoms in total. The predicted octanol–water partition coefficient (Wildman–Crippen LogP) is 4.96. The van der Waals surface area contributed by atoms with Gasteiger partial charge in [0, 0.05) is 23.3 Å². The largest absolute Gasteiger partial charge is 0.421 e. The van der Waals surface area contributed by atoms with Crippen molar-refractivity contribution in [3.8, 4) is 11.5 Å². The van der Waals surface area contributed by atoms with Crippen LogP contribution in [0, 0.1) is 0 Å². The van der Waals surface area contributed by atoms with Gasteiger partial charge in [0.05, 0.1) is 11.4 Å². The van der Waals surface area contributed by atoms with Crippen molar-refractivity contribution in [2.45, 2.75) is 23.9 Å². The molecule has 0 spiro atoms. The fraction of sp³-hybridized carbons (Fsp3) is 0.211. The molecule has 3 rings (SSSR count). The zero-order valence-corrected chi connectivity index (χ0v) is 15.4. The van der Waals surface area contributed by atoms with E-state index in [1.807, 2.05) is 30.3 Å². The number of alkyl halides is 3. The second-order valence-electron chi connectivity index (χ2n) is 5.82. The number of benzene rings is 2. The van der Waals surface area contributed by atoms with Crippen LogP contribution in [0.1, 0.15) is 12.3 Å². The first kappa shape index (κ1) is 19.9. The number of aromatic nitrogens is 2. The number of amides is 1. The Kier molecular flexibility index (Phi) is 6.35. The SMILES string of the molecule is O=C(CCc1nnc(-c2ccccc2)o1)Nc1ccccc1SCC(F)(F)F. The molecule has 3 aromatic rings. The Labute approximate surface area is 163 Å². The van der Waals surface area contributed by atoms with Gasteiger partial charge in [-0.15, -0.1) is 22.0 Å². The molecule has 0 bridgehead atoms. The summed E-state index contributed by atoms with van der Waals surface area (Å²) in [5.74, 6) is -0.692. The van der Waals surface area contributed by atoms with E-state index >= 15 is 0 Å².